The van der Waals surface area contributed by atoms with Crippen LogP contribution in [0.2, 0.25) is 0 Å². The minimum Gasteiger partial charge on any atom is -0.344 e. The van der Waals surface area contributed by atoms with Crippen LogP contribution in [0.15, 0.2) is 6.08 Å². The number of imidazole rings is 1. The molecule has 0 spiro atoms. The summed E-state index contributed by atoms with van der Waals surface area (Å²) in [6, 6.07) is 0. The van der Waals surface area contributed by atoms with Gasteiger partial charge in [0, 0.05) is 5.69 Å². The Morgan fingerprint density at radius 3 is 2.69 bits per heavy atom. The average Bonchev–Trinajstić information content (AvgIpc) is 2.63. The van der Waals surface area contributed by atoms with E-state index < -0.39 is 0 Å². The van der Waals surface area contributed by atoms with Crippen molar-refractivity contribution in [3.8, 4) is 0 Å². The number of hydrogen-bond donors (Lipinski definition) is 3. The summed E-state index contributed by atoms with van der Waals surface area (Å²) in [5, 5.41) is 3.32. The van der Waals surface area contributed by atoms with Crippen LogP contribution in [0.1, 0.15) is 37.0 Å². The minimum absolute atomic E-state index is 0.282. The van der Waals surface area contributed by atoms with Gasteiger partial charge in [0.05, 0.1) is 11.2 Å². The van der Waals surface area contributed by atoms with E-state index in [1.54, 1.807) is 0 Å². The summed E-state index contributed by atoms with van der Waals surface area (Å²) < 4.78 is 0. The van der Waals surface area contributed by atoms with Crippen molar-refractivity contribution in [3.63, 3.8) is 0 Å². The van der Waals surface area contributed by atoms with Crippen molar-refractivity contribution in [3.05, 3.63) is 23.3 Å². The highest BCUT2D eigenvalue weighted by Gasteiger charge is 2.32. The quantitative estimate of drug-likeness (QED) is 0.703. The molecule has 4 nitrogen and oxygen atoms in total. The molecular weight excluding hydrogens is 200 g/mol. The average molecular weight is 220 g/mol. The standard InChI is InChI=1S/C12H20N4/c1-3-4-10-9(2)15-11(16-10)12(13)5-7-14-8-6-12/h3-4,14H,5-8,13H2,1-2H3,(H,15,16)/b4-3-. The van der Waals surface area contributed by atoms with E-state index in [1.807, 2.05) is 26.0 Å². The van der Waals surface area contributed by atoms with Crippen molar-refractivity contribution >= 4 is 6.08 Å². The number of nitrogens with two attached hydrogens (primary N) is 1. The summed E-state index contributed by atoms with van der Waals surface area (Å²) in [6.45, 7) is 5.97. The zero-order valence-corrected chi connectivity index (χ0v) is 10.0. The van der Waals surface area contributed by atoms with Crippen molar-refractivity contribution in [1.29, 1.82) is 0 Å². The van der Waals surface area contributed by atoms with Crippen LogP contribution in [0.4, 0.5) is 0 Å². The number of hydrogen-bond acceptors (Lipinski definition) is 3. The fourth-order valence-corrected chi connectivity index (χ4v) is 2.14. The Labute approximate surface area is 96.3 Å². The highest BCUT2D eigenvalue weighted by atomic mass is 15.0. The molecule has 1 aromatic rings. The van der Waals surface area contributed by atoms with Crippen molar-refractivity contribution in [1.82, 2.24) is 15.3 Å². The molecule has 4 heteroatoms. The second-order valence-corrected chi connectivity index (χ2v) is 4.50. The van der Waals surface area contributed by atoms with Crippen molar-refractivity contribution in [2.75, 3.05) is 13.1 Å². The maximum Gasteiger partial charge on any atom is 0.127 e. The molecule has 1 aliphatic rings. The van der Waals surface area contributed by atoms with Gasteiger partial charge in [-0.15, -0.1) is 0 Å². The molecule has 0 bridgehead atoms. The maximum atomic E-state index is 6.40. The Bertz CT molecular complexity index is 386. The molecule has 1 aliphatic heterocycles. The van der Waals surface area contributed by atoms with E-state index in [9.17, 15) is 0 Å². The molecule has 0 aromatic carbocycles. The zero-order valence-electron chi connectivity index (χ0n) is 10.0. The van der Waals surface area contributed by atoms with Crippen LogP contribution in [0.5, 0.6) is 0 Å². The van der Waals surface area contributed by atoms with Crippen LogP contribution in [-0.4, -0.2) is 23.1 Å². The minimum atomic E-state index is -0.282. The Balaban J connectivity index is 2.29. The predicted molar refractivity (Wildman–Crippen MR) is 66.0 cm³/mol. The molecule has 0 aliphatic carbocycles. The van der Waals surface area contributed by atoms with Gasteiger partial charge in [-0.05, 0) is 45.9 Å². The van der Waals surface area contributed by atoms with Crippen LogP contribution in [0, 0.1) is 6.92 Å². The molecular formula is C12H20N4. The predicted octanol–water partition coefficient (Wildman–Crippen LogP) is 1.29. The summed E-state index contributed by atoms with van der Waals surface area (Å²) in [6.07, 6.45) is 5.89. The van der Waals surface area contributed by atoms with E-state index >= 15 is 0 Å². The highest BCUT2D eigenvalue weighted by Crippen LogP contribution is 2.26. The largest absolute Gasteiger partial charge is 0.344 e. The Morgan fingerprint density at radius 2 is 2.06 bits per heavy atom. The Morgan fingerprint density at radius 1 is 1.38 bits per heavy atom. The number of H-pyrrole nitrogens is 1. The lowest BCUT2D eigenvalue weighted by Crippen LogP contribution is -2.47. The van der Waals surface area contributed by atoms with Crippen LogP contribution in [-0.2, 0) is 5.54 Å². The van der Waals surface area contributed by atoms with Gasteiger partial charge in [-0.1, -0.05) is 6.08 Å². The second-order valence-electron chi connectivity index (χ2n) is 4.50. The third-order valence-corrected chi connectivity index (χ3v) is 3.21. The van der Waals surface area contributed by atoms with E-state index in [1.165, 1.54) is 0 Å². The summed E-state index contributed by atoms with van der Waals surface area (Å²) >= 11 is 0. The maximum absolute atomic E-state index is 6.40. The molecule has 16 heavy (non-hydrogen) atoms. The molecule has 1 aromatic heterocycles. The van der Waals surface area contributed by atoms with E-state index in [0.717, 1.165) is 43.1 Å². The van der Waals surface area contributed by atoms with Gasteiger partial charge in [0.15, 0.2) is 0 Å². The van der Waals surface area contributed by atoms with Gasteiger partial charge in [0.1, 0.15) is 5.82 Å². The number of nitrogens with one attached hydrogen (secondary N) is 2. The van der Waals surface area contributed by atoms with Gasteiger partial charge in [0.2, 0.25) is 0 Å². The molecule has 0 radical (unpaired) electrons. The number of aromatic nitrogens is 2. The first kappa shape index (κ1) is 11.4. The van der Waals surface area contributed by atoms with E-state index in [2.05, 4.69) is 15.3 Å². The van der Waals surface area contributed by atoms with E-state index in [-0.39, 0.29) is 5.54 Å². The highest BCUT2D eigenvalue weighted by molar-refractivity contribution is 5.47. The van der Waals surface area contributed by atoms with E-state index in [0.29, 0.717) is 0 Å². The SMILES string of the molecule is C/C=C\c1nc(C2(N)CCNCC2)[nH]c1C. The summed E-state index contributed by atoms with van der Waals surface area (Å²) in [7, 11) is 0. The van der Waals surface area contributed by atoms with Gasteiger partial charge in [-0.3, -0.25) is 0 Å². The molecule has 1 saturated heterocycles. The molecule has 4 N–H and O–H groups in total. The van der Waals surface area contributed by atoms with Crippen molar-refractivity contribution in [2.45, 2.75) is 32.2 Å². The molecule has 2 rings (SSSR count). The second kappa shape index (κ2) is 4.39. The van der Waals surface area contributed by atoms with Crippen molar-refractivity contribution < 1.29 is 0 Å². The van der Waals surface area contributed by atoms with Crippen LogP contribution in [0.25, 0.3) is 6.08 Å². The monoisotopic (exact) mass is 220 g/mol. The number of allylic oxidation sites excluding steroid dienone is 1. The topological polar surface area (TPSA) is 66.7 Å². The molecule has 0 amide bonds. The lowest BCUT2D eigenvalue weighted by molar-refractivity contribution is 0.303. The van der Waals surface area contributed by atoms with Gasteiger partial charge in [-0.25, -0.2) is 4.98 Å². The Hall–Kier alpha value is -1.13. The Kier molecular flexibility index (Phi) is 3.12. The third kappa shape index (κ3) is 2.03. The number of nitrogens with zero attached hydrogens (tertiary/aromatic N) is 1. The molecule has 0 unspecified atom stereocenters. The van der Waals surface area contributed by atoms with Gasteiger partial charge < -0.3 is 16.0 Å². The molecule has 88 valence electrons. The lowest BCUT2D eigenvalue weighted by atomic mass is 9.89. The van der Waals surface area contributed by atoms with Crippen LogP contribution < -0.4 is 11.1 Å². The summed E-state index contributed by atoms with van der Waals surface area (Å²) in [4.78, 5) is 7.92. The summed E-state index contributed by atoms with van der Waals surface area (Å²) in [5.74, 6) is 0.930. The lowest BCUT2D eigenvalue weighted by Gasteiger charge is -2.31. The summed E-state index contributed by atoms with van der Waals surface area (Å²) in [5.41, 5.74) is 8.21. The smallest absolute Gasteiger partial charge is 0.127 e. The zero-order chi connectivity index (χ0) is 11.6. The fourth-order valence-electron chi connectivity index (χ4n) is 2.14. The van der Waals surface area contributed by atoms with Gasteiger partial charge in [0.25, 0.3) is 0 Å². The number of aromatic amines is 1. The first-order chi connectivity index (χ1) is 7.65. The van der Waals surface area contributed by atoms with Gasteiger partial charge in [-0.2, -0.15) is 0 Å². The molecule has 0 atom stereocenters. The molecule has 2 heterocycles. The molecule has 1 fully saturated rings. The number of piperidine rings is 1. The third-order valence-electron chi connectivity index (χ3n) is 3.21. The molecule has 0 saturated carbocycles. The van der Waals surface area contributed by atoms with Crippen LogP contribution >= 0.6 is 0 Å². The number of aryl methyl sites for hydroxylation is 1. The number of rotatable bonds is 2. The first-order valence-corrected chi connectivity index (χ1v) is 5.85. The van der Waals surface area contributed by atoms with Crippen LogP contribution in [0.3, 0.4) is 0 Å². The van der Waals surface area contributed by atoms with Crippen molar-refractivity contribution in [2.24, 2.45) is 5.73 Å². The van der Waals surface area contributed by atoms with Gasteiger partial charge >= 0.3 is 0 Å². The first-order valence-electron chi connectivity index (χ1n) is 5.85. The normalized spacial score (nSPS) is 20.4. The van der Waals surface area contributed by atoms with E-state index in [4.69, 9.17) is 5.73 Å². The fraction of sp³-hybridized carbons (Fsp3) is 0.583.